The van der Waals surface area contributed by atoms with E-state index in [-0.39, 0.29) is 12.3 Å². The van der Waals surface area contributed by atoms with Crippen LogP contribution in [0.1, 0.15) is 38.8 Å². The minimum atomic E-state index is -0.957. The summed E-state index contributed by atoms with van der Waals surface area (Å²) in [4.78, 5) is 25.5. The average molecular weight is 375 g/mol. The summed E-state index contributed by atoms with van der Waals surface area (Å²) < 4.78 is 0.718. The summed E-state index contributed by atoms with van der Waals surface area (Å²) in [5.74, 6) is -1.85. The van der Waals surface area contributed by atoms with Crippen molar-refractivity contribution in [2.45, 2.75) is 38.8 Å². The summed E-state index contributed by atoms with van der Waals surface area (Å²) >= 11 is 9.38. The number of likely N-dealkylation sites (tertiary alicyclic amines) is 1. The normalized spacial score (nSPS) is 22.7. The molecule has 6 heteroatoms. The van der Waals surface area contributed by atoms with Gasteiger partial charge in [-0.15, -0.1) is 0 Å². The molecule has 1 amide bonds. The van der Waals surface area contributed by atoms with E-state index in [9.17, 15) is 14.7 Å². The predicted molar refractivity (Wildman–Crippen MR) is 84.2 cm³/mol. The van der Waals surface area contributed by atoms with Crippen LogP contribution in [0.3, 0.4) is 0 Å². The van der Waals surface area contributed by atoms with Crippen LogP contribution in [0.5, 0.6) is 0 Å². The first-order valence-corrected chi connectivity index (χ1v) is 7.80. The minimum Gasteiger partial charge on any atom is -0.481 e. The van der Waals surface area contributed by atoms with E-state index in [0.717, 1.165) is 10.0 Å². The van der Waals surface area contributed by atoms with Crippen molar-refractivity contribution in [2.75, 3.05) is 0 Å². The molecule has 114 valence electrons. The van der Waals surface area contributed by atoms with Crippen LogP contribution in [0.2, 0.25) is 5.02 Å². The molecule has 2 unspecified atom stereocenters. The third-order valence-corrected chi connectivity index (χ3v) is 4.57. The molecule has 0 aliphatic carbocycles. The molecule has 1 aromatic carbocycles. The fourth-order valence-electron chi connectivity index (χ4n) is 2.84. The molecular formula is C15H17BrClNO3. The van der Waals surface area contributed by atoms with E-state index in [4.69, 9.17) is 11.6 Å². The Bertz CT molecular complexity index is 597. The number of carboxylic acid groups (broad SMARTS) is 1. The maximum Gasteiger partial charge on any atom is 0.309 e. The number of amides is 1. The lowest BCUT2D eigenvalue weighted by Gasteiger charge is -2.38. The lowest BCUT2D eigenvalue weighted by atomic mass is 9.92. The average Bonchev–Trinajstić information content (AvgIpc) is 2.66. The lowest BCUT2D eigenvalue weighted by molar-refractivity contribution is -0.142. The van der Waals surface area contributed by atoms with Crippen molar-refractivity contribution < 1.29 is 14.7 Å². The first-order valence-electron chi connectivity index (χ1n) is 6.63. The Morgan fingerprint density at radius 2 is 2.05 bits per heavy atom. The fraction of sp³-hybridized carbons (Fsp3) is 0.467. The first-order chi connectivity index (χ1) is 9.62. The zero-order chi connectivity index (χ0) is 15.9. The van der Waals surface area contributed by atoms with Crippen LogP contribution in [-0.4, -0.2) is 27.4 Å². The molecule has 2 atom stereocenters. The van der Waals surface area contributed by atoms with Crippen LogP contribution in [0.4, 0.5) is 0 Å². The number of hydrogen-bond acceptors (Lipinski definition) is 2. The Morgan fingerprint density at radius 1 is 1.43 bits per heavy atom. The summed E-state index contributed by atoms with van der Waals surface area (Å²) in [7, 11) is 0. The van der Waals surface area contributed by atoms with Crippen LogP contribution in [0, 0.1) is 5.92 Å². The topological polar surface area (TPSA) is 57.6 Å². The molecule has 1 saturated heterocycles. The summed E-state index contributed by atoms with van der Waals surface area (Å²) in [6.45, 7) is 5.73. The van der Waals surface area contributed by atoms with Gasteiger partial charge in [0.15, 0.2) is 0 Å². The molecule has 1 heterocycles. The Labute approximate surface area is 137 Å². The molecule has 1 N–H and O–H groups in total. The van der Waals surface area contributed by atoms with E-state index in [1.165, 1.54) is 0 Å². The molecule has 1 fully saturated rings. The van der Waals surface area contributed by atoms with E-state index >= 15 is 0 Å². The summed E-state index contributed by atoms with van der Waals surface area (Å²) in [5, 5.41) is 10.0. The van der Waals surface area contributed by atoms with Crippen molar-refractivity contribution in [3.05, 3.63) is 33.3 Å². The summed E-state index contributed by atoms with van der Waals surface area (Å²) in [6, 6.07) is 4.72. The van der Waals surface area contributed by atoms with E-state index in [0.29, 0.717) is 5.02 Å². The Morgan fingerprint density at radius 3 is 2.52 bits per heavy atom. The number of rotatable bonds is 2. The predicted octanol–water partition coefficient (Wildman–Crippen LogP) is 3.88. The molecule has 4 nitrogen and oxygen atoms in total. The molecule has 1 aliphatic heterocycles. The highest BCUT2D eigenvalue weighted by Crippen LogP contribution is 2.45. The van der Waals surface area contributed by atoms with Gasteiger partial charge in [0.2, 0.25) is 5.91 Å². The van der Waals surface area contributed by atoms with Gasteiger partial charge in [-0.1, -0.05) is 33.6 Å². The van der Waals surface area contributed by atoms with Gasteiger partial charge in [-0.3, -0.25) is 9.59 Å². The van der Waals surface area contributed by atoms with Crippen molar-refractivity contribution in [1.29, 1.82) is 0 Å². The SMILES string of the molecule is CC(C)(C)N1C(=O)CC(C(=O)O)C1c1ccc(Cl)cc1Br. The van der Waals surface area contributed by atoms with Crippen molar-refractivity contribution in [3.63, 3.8) is 0 Å². The van der Waals surface area contributed by atoms with Crippen LogP contribution >= 0.6 is 27.5 Å². The van der Waals surface area contributed by atoms with Crippen LogP contribution in [0.15, 0.2) is 22.7 Å². The molecule has 0 aromatic heterocycles. The monoisotopic (exact) mass is 373 g/mol. The minimum absolute atomic E-state index is 0.0202. The van der Waals surface area contributed by atoms with Crippen molar-refractivity contribution in [3.8, 4) is 0 Å². The van der Waals surface area contributed by atoms with Crippen molar-refractivity contribution in [2.24, 2.45) is 5.92 Å². The number of aliphatic carboxylic acids is 1. The maximum atomic E-state index is 12.3. The van der Waals surface area contributed by atoms with Gasteiger partial charge >= 0.3 is 5.97 Å². The quantitative estimate of drug-likeness (QED) is 0.855. The Hall–Kier alpha value is -1.07. The third kappa shape index (κ3) is 3.09. The zero-order valence-electron chi connectivity index (χ0n) is 12.1. The first kappa shape index (κ1) is 16.3. The maximum absolute atomic E-state index is 12.3. The van der Waals surface area contributed by atoms with Gasteiger partial charge in [0.1, 0.15) is 0 Å². The van der Waals surface area contributed by atoms with Crippen molar-refractivity contribution >= 4 is 39.4 Å². The van der Waals surface area contributed by atoms with E-state index < -0.39 is 23.5 Å². The highest BCUT2D eigenvalue weighted by molar-refractivity contribution is 9.10. The van der Waals surface area contributed by atoms with E-state index in [2.05, 4.69) is 15.9 Å². The molecule has 2 rings (SSSR count). The second kappa shape index (κ2) is 5.61. The molecule has 0 spiro atoms. The summed E-state index contributed by atoms with van der Waals surface area (Å²) in [6.07, 6.45) is 0.0202. The molecule has 1 aliphatic rings. The second-order valence-electron chi connectivity index (χ2n) is 6.19. The number of halogens is 2. The van der Waals surface area contributed by atoms with Gasteiger partial charge in [0, 0.05) is 21.5 Å². The Balaban J connectivity index is 2.57. The number of benzene rings is 1. The molecule has 0 bridgehead atoms. The highest BCUT2D eigenvalue weighted by atomic mass is 79.9. The van der Waals surface area contributed by atoms with Gasteiger partial charge in [-0.25, -0.2) is 0 Å². The van der Waals surface area contributed by atoms with Gasteiger partial charge in [-0.2, -0.15) is 0 Å². The highest BCUT2D eigenvalue weighted by Gasteiger charge is 2.49. The largest absolute Gasteiger partial charge is 0.481 e. The number of carboxylic acids is 1. The van der Waals surface area contributed by atoms with Gasteiger partial charge in [0.25, 0.3) is 0 Å². The molecule has 0 saturated carbocycles. The van der Waals surface area contributed by atoms with Crippen LogP contribution in [-0.2, 0) is 9.59 Å². The molecule has 0 radical (unpaired) electrons. The number of carbonyl (C=O) groups excluding carboxylic acids is 1. The molecule has 21 heavy (non-hydrogen) atoms. The number of hydrogen-bond donors (Lipinski definition) is 1. The molecule has 1 aromatic rings. The van der Waals surface area contributed by atoms with E-state index in [1.807, 2.05) is 20.8 Å². The number of carbonyl (C=O) groups is 2. The zero-order valence-corrected chi connectivity index (χ0v) is 14.4. The summed E-state index contributed by atoms with van der Waals surface area (Å²) in [5.41, 5.74) is 0.318. The van der Waals surface area contributed by atoms with Gasteiger partial charge in [-0.05, 0) is 38.5 Å². The van der Waals surface area contributed by atoms with Gasteiger partial charge in [0.05, 0.1) is 12.0 Å². The van der Waals surface area contributed by atoms with Crippen LogP contribution in [0.25, 0.3) is 0 Å². The third-order valence-electron chi connectivity index (χ3n) is 3.64. The van der Waals surface area contributed by atoms with Crippen molar-refractivity contribution in [1.82, 2.24) is 4.90 Å². The van der Waals surface area contributed by atoms with E-state index in [1.54, 1.807) is 23.1 Å². The lowest BCUT2D eigenvalue weighted by Crippen LogP contribution is -2.44. The second-order valence-corrected chi connectivity index (χ2v) is 7.48. The fourth-order valence-corrected chi connectivity index (χ4v) is 3.76. The standard InChI is InChI=1S/C15H17BrClNO3/c1-15(2,3)18-12(19)7-10(14(20)21)13(18)9-5-4-8(17)6-11(9)16/h4-6,10,13H,7H2,1-3H3,(H,20,21). The van der Waals surface area contributed by atoms with Gasteiger partial charge < -0.3 is 10.0 Å². The Kier molecular flexibility index (Phi) is 4.36. The molecular weight excluding hydrogens is 358 g/mol. The number of nitrogens with zero attached hydrogens (tertiary/aromatic N) is 1. The smallest absolute Gasteiger partial charge is 0.309 e. The van der Waals surface area contributed by atoms with Crippen LogP contribution < -0.4 is 0 Å².